The maximum absolute atomic E-state index is 5.54. The number of hydrogen-bond acceptors (Lipinski definition) is 2. The minimum atomic E-state index is -0.446. The second-order valence-electron chi connectivity index (χ2n) is 16.0. The average molecular weight is 729 g/mol. The second kappa shape index (κ2) is 12.6. The Balaban J connectivity index is 1.13. The van der Waals surface area contributed by atoms with Crippen LogP contribution in [-0.4, -0.2) is 5.84 Å². The Bertz CT molecular complexity index is 3040. The SMILES string of the molecule is C1=CCCC(C2=NC(c3ccc4c(c3)C3(C5=CCCC=C5c5ccccc53)c3cc5ccccc5c(-c5ccccc5)c3-4)C=C(c3ccc4ccccc4c3)N2)=C1. The van der Waals surface area contributed by atoms with Crippen LogP contribution in [0, 0.1) is 0 Å². The number of aliphatic imine (C=N–C) groups is 1. The van der Waals surface area contributed by atoms with Crippen LogP contribution in [0.3, 0.4) is 0 Å². The van der Waals surface area contributed by atoms with Crippen LogP contribution in [0.2, 0.25) is 0 Å². The van der Waals surface area contributed by atoms with Gasteiger partial charge in [-0.1, -0.05) is 164 Å². The van der Waals surface area contributed by atoms with Crippen molar-refractivity contribution in [2.75, 3.05) is 0 Å². The molecule has 0 amide bonds. The van der Waals surface area contributed by atoms with Crippen LogP contribution in [-0.2, 0) is 5.41 Å². The summed E-state index contributed by atoms with van der Waals surface area (Å²) < 4.78 is 0. The molecule has 2 nitrogen and oxygen atoms in total. The zero-order chi connectivity index (χ0) is 37.5. The largest absolute Gasteiger partial charge is 0.340 e. The lowest BCUT2D eigenvalue weighted by Crippen LogP contribution is -2.29. The van der Waals surface area contributed by atoms with Gasteiger partial charge < -0.3 is 5.32 Å². The smallest absolute Gasteiger partial charge is 0.129 e. The fraction of sp³-hybridized carbons (Fsp3) is 0.109. The summed E-state index contributed by atoms with van der Waals surface area (Å²) in [5, 5.41) is 8.86. The number of amidine groups is 1. The molecule has 0 aromatic heterocycles. The van der Waals surface area contributed by atoms with Crippen molar-refractivity contribution in [3.05, 3.63) is 227 Å². The zero-order valence-corrected chi connectivity index (χ0v) is 31.7. The highest BCUT2D eigenvalue weighted by atomic mass is 15.0. The summed E-state index contributed by atoms with van der Waals surface area (Å²) in [6.45, 7) is 0. The van der Waals surface area contributed by atoms with Crippen LogP contribution in [0.4, 0.5) is 0 Å². The van der Waals surface area contributed by atoms with E-state index in [2.05, 4.69) is 187 Å². The lowest BCUT2D eigenvalue weighted by molar-refractivity contribution is 0.777. The number of allylic oxidation sites excluding steroid dienone is 7. The molecule has 2 unspecified atom stereocenters. The van der Waals surface area contributed by atoms with Crippen molar-refractivity contribution in [2.45, 2.75) is 37.1 Å². The highest BCUT2D eigenvalue weighted by Gasteiger charge is 2.54. The maximum atomic E-state index is 5.54. The molecule has 1 heterocycles. The first-order valence-electron chi connectivity index (χ1n) is 20.4. The summed E-state index contributed by atoms with van der Waals surface area (Å²) in [6.07, 6.45) is 18.2. The zero-order valence-electron chi connectivity index (χ0n) is 31.7. The molecule has 5 aliphatic rings. The molecule has 0 bridgehead atoms. The molecule has 1 aliphatic heterocycles. The van der Waals surface area contributed by atoms with E-state index in [1.165, 1.54) is 93.9 Å². The predicted molar refractivity (Wildman–Crippen MR) is 238 cm³/mol. The third-order valence-corrected chi connectivity index (χ3v) is 13.0. The predicted octanol–water partition coefficient (Wildman–Crippen LogP) is 13.5. The van der Waals surface area contributed by atoms with Gasteiger partial charge in [-0.2, -0.15) is 0 Å². The molecule has 1 N–H and O–H groups in total. The minimum Gasteiger partial charge on any atom is -0.340 e. The van der Waals surface area contributed by atoms with Gasteiger partial charge in [0, 0.05) is 5.70 Å². The van der Waals surface area contributed by atoms with Crippen molar-refractivity contribution >= 4 is 38.7 Å². The van der Waals surface area contributed by atoms with Crippen LogP contribution in [0.25, 0.3) is 55.1 Å². The lowest BCUT2D eigenvalue weighted by Gasteiger charge is -2.33. The van der Waals surface area contributed by atoms with Crippen LogP contribution in [0.1, 0.15) is 65.1 Å². The van der Waals surface area contributed by atoms with E-state index in [4.69, 9.17) is 4.99 Å². The molecule has 0 saturated heterocycles. The van der Waals surface area contributed by atoms with Gasteiger partial charge in [0.25, 0.3) is 0 Å². The monoisotopic (exact) mass is 728 g/mol. The van der Waals surface area contributed by atoms with Crippen molar-refractivity contribution in [1.29, 1.82) is 0 Å². The Hall–Kier alpha value is -6.77. The quantitative estimate of drug-likeness (QED) is 0.192. The molecule has 0 radical (unpaired) electrons. The van der Waals surface area contributed by atoms with E-state index in [-0.39, 0.29) is 6.04 Å². The van der Waals surface area contributed by atoms with Crippen LogP contribution >= 0.6 is 0 Å². The van der Waals surface area contributed by atoms with Crippen LogP contribution < -0.4 is 5.32 Å². The van der Waals surface area contributed by atoms with Crippen molar-refractivity contribution in [3.8, 4) is 22.3 Å². The molecule has 270 valence electrons. The summed E-state index contributed by atoms with van der Waals surface area (Å²) in [5.41, 5.74) is 17.9. The Morgan fingerprint density at radius 1 is 0.579 bits per heavy atom. The highest BCUT2D eigenvalue weighted by molar-refractivity contribution is 6.12. The minimum absolute atomic E-state index is 0.166. The average Bonchev–Trinajstić information content (AvgIpc) is 3.75. The second-order valence-corrected chi connectivity index (χ2v) is 16.0. The summed E-state index contributed by atoms with van der Waals surface area (Å²) in [6, 6.07) is 54.4. The first kappa shape index (κ1) is 32.5. The molecule has 0 fully saturated rings. The Morgan fingerprint density at radius 2 is 1.39 bits per heavy atom. The van der Waals surface area contributed by atoms with Gasteiger partial charge >= 0.3 is 0 Å². The van der Waals surface area contributed by atoms with Crippen molar-refractivity contribution in [2.24, 2.45) is 4.99 Å². The van der Waals surface area contributed by atoms with E-state index in [0.717, 1.165) is 37.2 Å². The molecule has 2 atom stereocenters. The van der Waals surface area contributed by atoms with E-state index >= 15 is 0 Å². The summed E-state index contributed by atoms with van der Waals surface area (Å²) in [7, 11) is 0. The number of benzene rings is 7. The Labute approximate surface area is 333 Å². The van der Waals surface area contributed by atoms with Gasteiger partial charge in [0.2, 0.25) is 0 Å². The van der Waals surface area contributed by atoms with Gasteiger partial charge in [0.15, 0.2) is 0 Å². The first-order valence-corrected chi connectivity index (χ1v) is 20.4. The van der Waals surface area contributed by atoms with Crippen LogP contribution in [0.15, 0.2) is 198 Å². The topological polar surface area (TPSA) is 24.4 Å². The van der Waals surface area contributed by atoms with Crippen molar-refractivity contribution < 1.29 is 0 Å². The number of nitrogens with one attached hydrogen (secondary N) is 1. The van der Waals surface area contributed by atoms with E-state index in [9.17, 15) is 0 Å². The highest BCUT2D eigenvalue weighted by Crippen LogP contribution is 2.66. The number of hydrogen-bond donors (Lipinski definition) is 1. The molecule has 7 aromatic rings. The van der Waals surface area contributed by atoms with E-state index in [1.54, 1.807) is 0 Å². The molecule has 57 heavy (non-hydrogen) atoms. The van der Waals surface area contributed by atoms with Gasteiger partial charge in [-0.15, -0.1) is 0 Å². The third kappa shape index (κ3) is 4.80. The lowest BCUT2D eigenvalue weighted by atomic mass is 9.68. The number of nitrogens with zero attached hydrogens (tertiary/aromatic N) is 1. The summed E-state index contributed by atoms with van der Waals surface area (Å²) in [4.78, 5) is 5.54. The molecule has 4 aliphatic carbocycles. The molecule has 2 heteroatoms. The molecule has 1 spiro atoms. The fourth-order valence-electron chi connectivity index (χ4n) is 10.5. The maximum Gasteiger partial charge on any atom is 0.129 e. The molecule has 12 rings (SSSR count). The number of rotatable bonds is 4. The standard InChI is InChI=1S/C55H40N2/c1-3-16-36(17-4-1)52-42-22-10-9-21-39(42)32-49-53(52)45-30-29-41(33-48(45)55(49)46-25-13-11-23-43(46)44-24-12-14-26-47(44)55)51-34-50(56-54(57-51)37-18-5-2-6-19-37)40-28-27-35-15-7-8-20-38(35)31-40/h1-5,7-11,13,15-18,20-34,51H,6,12,14,19H2,(H,56,57). The van der Waals surface area contributed by atoms with Gasteiger partial charge in [0.1, 0.15) is 5.84 Å². The van der Waals surface area contributed by atoms with Crippen molar-refractivity contribution in [1.82, 2.24) is 5.32 Å². The molecular weight excluding hydrogens is 689 g/mol. The Morgan fingerprint density at radius 3 is 2.28 bits per heavy atom. The third-order valence-electron chi connectivity index (χ3n) is 13.0. The molecular formula is C55H40N2. The van der Waals surface area contributed by atoms with E-state index in [1.807, 2.05) is 0 Å². The normalized spacial score (nSPS) is 20.1. The number of fused-ring (bicyclic) bond motifs is 12. The van der Waals surface area contributed by atoms with Gasteiger partial charge in [-0.25, -0.2) is 0 Å². The molecule has 0 saturated carbocycles. The van der Waals surface area contributed by atoms with E-state index < -0.39 is 5.41 Å². The molecule has 7 aromatic carbocycles. The van der Waals surface area contributed by atoms with Crippen molar-refractivity contribution in [3.63, 3.8) is 0 Å². The van der Waals surface area contributed by atoms with Gasteiger partial charge in [-0.05, 0) is 138 Å². The summed E-state index contributed by atoms with van der Waals surface area (Å²) in [5.74, 6) is 0.970. The van der Waals surface area contributed by atoms with E-state index in [0.29, 0.717) is 0 Å². The first-order chi connectivity index (χ1) is 28.3. The fourth-order valence-corrected chi connectivity index (χ4v) is 10.5. The Kier molecular flexibility index (Phi) is 7.19. The van der Waals surface area contributed by atoms with Gasteiger partial charge in [-0.3, -0.25) is 4.99 Å². The summed E-state index contributed by atoms with van der Waals surface area (Å²) >= 11 is 0. The van der Waals surface area contributed by atoms with Crippen LogP contribution in [0.5, 0.6) is 0 Å². The van der Waals surface area contributed by atoms with Gasteiger partial charge in [0.05, 0.1) is 11.5 Å².